The van der Waals surface area contributed by atoms with Gasteiger partial charge in [-0.25, -0.2) is 4.98 Å². The standard InChI is InChI=1S/C29H29F6N3O2/c1-18-7-5-6-8-20(18)21-16-25(38-11-13-40-14-12-38)36-17-24(21)37(4)26(39)27(2,3)22-10-9-19(28(30,31)32)15-23(22)29(33,34)35/h5-10,15-17H,11-14H2,1-4H3. The Balaban J connectivity index is 1.80. The number of amides is 1. The number of hydrogen-bond donors (Lipinski definition) is 0. The minimum atomic E-state index is -5.11. The van der Waals surface area contributed by atoms with Crippen LogP contribution in [0.4, 0.5) is 37.8 Å². The van der Waals surface area contributed by atoms with E-state index in [-0.39, 0.29) is 6.07 Å². The number of likely N-dealkylation sites (N-methyl/N-ethyl adjacent to an activating group) is 1. The van der Waals surface area contributed by atoms with Crippen molar-refractivity contribution in [2.75, 3.05) is 43.2 Å². The van der Waals surface area contributed by atoms with Crippen LogP contribution >= 0.6 is 0 Å². The molecule has 0 N–H and O–H groups in total. The van der Waals surface area contributed by atoms with Gasteiger partial charge in [0.2, 0.25) is 5.91 Å². The zero-order valence-corrected chi connectivity index (χ0v) is 22.5. The molecule has 1 aliphatic heterocycles. The molecule has 1 saturated heterocycles. The third-order valence-electron chi connectivity index (χ3n) is 7.17. The number of morpholine rings is 1. The Morgan fingerprint density at radius 3 is 2.15 bits per heavy atom. The fourth-order valence-corrected chi connectivity index (χ4v) is 4.90. The van der Waals surface area contributed by atoms with Crippen molar-refractivity contribution < 1.29 is 35.9 Å². The molecule has 1 fully saturated rings. The lowest BCUT2D eigenvalue weighted by Crippen LogP contribution is -2.43. The number of anilines is 2. The first-order valence-corrected chi connectivity index (χ1v) is 12.6. The summed E-state index contributed by atoms with van der Waals surface area (Å²) in [6.07, 6.45) is -8.59. The Bertz CT molecular complexity index is 1400. The summed E-state index contributed by atoms with van der Waals surface area (Å²) in [5.41, 5.74) is -2.63. The van der Waals surface area contributed by atoms with Crippen molar-refractivity contribution in [1.82, 2.24) is 4.98 Å². The molecule has 1 aliphatic rings. The van der Waals surface area contributed by atoms with Crippen LogP contribution in [-0.4, -0.2) is 44.2 Å². The van der Waals surface area contributed by atoms with Gasteiger partial charge in [-0.2, -0.15) is 26.3 Å². The minimum Gasteiger partial charge on any atom is -0.378 e. The van der Waals surface area contributed by atoms with Gasteiger partial charge < -0.3 is 14.5 Å². The van der Waals surface area contributed by atoms with Crippen LogP contribution in [0.2, 0.25) is 0 Å². The van der Waals surface area contributed by atoms with Crippen LogP contribution in [0.3, 0.4) is 0 Å². The molecule has 0 atom stereocenters. The molecule has 0 radical (unpaired) electrons. The first-order valence-electron chi connectivity index (χ1n) is 12.6. The highest BCUT2D eigenvalue weighted by atomic mass is 19.4. The highest BCUT2D eigenvalue weighted by molar-refractivity contribution is 6.03. The number of aromatic nitrogens is 1. The summed E-state index contributed by atoms with van der Waals surface area (Å²) in [5, 5.41) is 0. The zero-order chi connectivity index (χ0) is 29.5. The predicted octanol–water partition coefficient (Wildman–Crippen LogP) is 6.87. The molecule has 11 heteroatoms. The average molecular weight is 566 g/mol. The van der Waals surface area contributed by atoms with Gasteiger partial charge in [-0.15, -0.1) is 0 Å². The molecular formula is C29H29F6N3O2. The van der Waals surface area contributed by atoms with Crippen LogP contribution in [0.25, 0.3) is 11.1 Å². The number of pyridine rings is 1. The molecule has 1 amide bonds. The number of benzene rings is 2. The van der Waals surface area contributed by atoms with E-state index in [0.29, 0.717) is 49.4 Å². The molecule has 40 heavy (non-hydrogen) atoms. The van der Waals surface area contributed by atoms with Gasteiger partial charge in [0.1, 0.15) is 5.82 Å². The van der Waals surface area contributed by atoms with Crippen LogP contribution in [0.5, 0.6) is 0 Å². The molecule has 214 valence electrons. The second-order valence-electron chi connectivity index (χ2n) is 10.2. The number of aryl methyl sites for hydroxylation is 1. The smallest absolute Gasteiger partial charge is 0.378 e. The zero-order valence-electron chi connectivity index (χ0n) is 22.5. The molecule has 0 spiro atoms. The third kappa shape index (κ3) is 5.79. The van der Waals surface area contributed by atoms with E-state index in [0.717, 1.165) is 17.2 Å². The summed E-state index contributed by atoms with van der Waals surface area (Å²) >= 11 is 0. The highest BCUT2D eigenvalue weighted by Crippen LogP contribution is 2.43. The topological polar surface area (TPSA) is 45.7 Å². The summed E-state index contributed by atoms with van der Waals surface area (Å²) in [6, 6.07) is 10.7. The molecule has 4 rings (SSSR count). The van der Waals surface area contributed by atoms with Crippen LogP contribution in [0, 0.1) is 6.92 Å². The number of ether oxygens (including phenoxy) is 1. The molecule has 3 aromatic rings. The van der Waals surface area contributed by atoms with Crippen molar-refractivity contribution in [3.63, 3.8) is 0 Å². The SMILES string of the molecule is Cc1ccccc1-c1cc(N2CCOCC2)ncc1N(C)C(=O)C(C)(C)c1ccc(C(F)(F)F)cc1C(F)(F)F. The molecule has 2 aromatic carbocycles. The molecule has 2 heterocycles. The van der Waals surface area contributed by atoms with Crippen molar-refractivity contribution in [2.45, 2.75) is 38.5 Å². The minimum absolute atomic E-state index is 0.0573. The number of nitrogens with zero attached hydrogens (tertiary/aromatic N) is 3. The summed E-state index contributed by atoms with van der Waals surface area (Å²) in [5.74, 6) is -0.0824. The van der Waals surface area contributed by atoms with Crippen molar-refractivity contribution in [3.05, 3.63) is 77.0 Å². The lowest BCUT2D eigenvalue weighted by atomic mass is 9.79. The molecule has 0 unspecified atom stereocenters. The Morgan fingerprint density at radius 1 is 0.900 bits per heavy atom. The van der Waals surface area contributed by atoms with E-state index in [4.69, 9.17) is 4.74 Å². The van der Waals surface area contributed by atoms with Gasteiger partial charge in [0.25, 0.3) is 0 Å². The Kier molecular flexibility index (Phi) is 7.90. The fourth-order valence-electron chi connectivity index (χ4n) is 4.90. The van der Waals surface area contributed by atoms with Crippen LogP contribution in [0.1, 0.15) is 36.1 Å². The number of halogens is 6. The Hall–Kier alpha value is -3.60. The molecule has 0 bridgehead atoms. The van der Waals surface area contributed by atoms with Crippen molar-refractivity contribution in [3.8, 4) is 11.1 Å². The van der Waals surface area contributed by atoms with E-state index >= 15 is 0 Å². The lowest BCUT2D eigenvalue weighted by Gasteiger charge is -2.33. The van der Waals surface area contributed by atoms with Gasteiger partial charge in [-0.05, 0) is 55.7 Å². The second-order valence-corrected chi connectivity index (χ2v) is 10.2. The summed E-state index contributed by atoms with van der Waals surface area (Å²) in [6.45, 7) is 6.75. The van der Waals surface area contributed by atoms with Gasteiger partial charge in [0.15, 0.2) is 0 Å². The Morgan fingerprint density at radius 2 is 1.55 bits per heavy atom. The van der Waals surface area contributed by atoms with Gasteiger partial charge in [-0.3, -0.25) is 4.79 Å². The number of alkyl halides is 6. The number of hydrogen-bond acceptors (Lipinski definition) is 4. The average Bonchev–Trinajstić information content (AvgIpc) is 2.91. The van der Waals surface area contributed by atoms with E-state index in [1.807, 2.05) is 42.2 Å². The van der Waals surface area contributed by atoms with E-state index in [9.17, 15) is 31.1 Å². The molecular weight excluding hydrogens is 536 g/mol. The molecule has 0 saturated carbocycles. The number of carbonyl (C=O) groups is 1. The Labute approximate surface area is 228 Å². The number of rotatable bonds is 5. The molecule has 1 aromatic heterocycles. The van der Waals surface area contributed by atoms with E-state index < -0.39 is 40.4 Å². The maximum Gasteiger partial charge on any atom is 0.416 e. The predicted molar refractivity (Wildman–Crippen MR) is 140 cm³/mol. The lowest BCUT2D eigenvalue weighted by molar-refractivity contribution is -0.143. The quantitative estimate of drug-likeness (QED) is 0.317. The first-order chi connectivity index (χ1) is 18.6. The summed E-state index contributed by atoms with van der Waals surface area (Å²) in [4.78, 5) is 21.7. The second kappa shape index (κ2) is 10.8. The number of carbonyl (C=O) groups excluding carboxylic acids is 1. The summed E-state index contributed by atoms with van der Waals surface area (Å²) in [7, 11) is 1.43. The van der Waals surface area contributed by atoms with Crippen molar-refractivity contribution in [1.29, 1.82) is 0 Å². The maximum absolute atomic E-state index is 14.0. The van der Waals surface area contributed by atoms with Gasteiger partial charge >= 0.3 is 12.4 Å². The van der Waals surface area contributed by atoms with Crippen LogP contribution in [-0.2, 0) is 27.3 Å². The maximum atomic E-state index is 14.0. The van der Waals surface area contributed by atoms with E-state index in [1.54, 1.807) is 0 Å². The third-order valence-corrected chi connectivity index (χ3v) is 7.17. The van der Waals surface area contributed by atoms with Crippen LogP contribution in [0.15, 0.2) is 54.7 Å². The van der Waals surface area contributed by atoms with Gasteiger partial charge in [0.05, 0.1) is 41.6 Å². The normalized spacial score (nSPS) is 14.8. The van der Waals surface area contributed by atoms with Gasteiger partial charge in [0, 0.05) is 25.7 Å². The highest BCUT2D eigenvalue weighted by Gasteiger charge is 2.44. The van der Waals surface area contributed by atoms with E-state index in [2.05, 4.69) is 4.98 Å². The monoisotopic (exact) mass is 565 g/mol. The van der Waals surface area contributed by atoms with Gasteiger partial charge in [-0.1, -0.05) is 30.3 Å². The van der Waals surface area contributed by atoms with E-state index in [1.165, 1.54) is 32.0 Å². The summed E-state index contributed by atoms with van der Waals surface area (Å²) < 4.78 is 87.0. The van der Waals surface area contributed by atoms with Crippen molar-refractivity contribution in [2.24, 2.45) is 0 Å². The fraction of sp³-hybridized carbons (Fsp3) is 0.379. The van der Waals surface area contributed by atoms with Crippen molar-refractivity contribution >= 4 is 17.4 Å². The molecule has 0 aliphatic carbocycles. The first kappa shape index (κ1) is 29.4. The largest absolute Gasteiger partial charge is 0.416 e. The van der Waals surface area contributed by atoms with Crippen LogP contribution < -0.4 is 9.80 Å². The molecule has 5 nitrogen and oxygen atoms in total.